The van der Waals surface area contributed by atoms with Gasteiger partial charge >= 0.3 is 5.97 Å². The smallest absolute Gasteiger partial charge is 0.341 e. The van der Waals surface area contributed by atoms with Gasteiger partial charge in [-0.15, -0.1) is 22.7 Å². The van der Waals surface area contributed by atoms with Gasteiger partial charge in [0, 0.05) is 15.8 Å². The standard InChI is InChI=1S/C21H16N2O5S2/c1-11(23-19(25)12-6-3-4-7-13(12)20(23)26)17(24)22-18-16(21(27)28-2)14(10-30-18)15-8-5-9-29-15/h3-11H,1-2H3,(H,22,24). The monoisotopic (exact) mass is 440 g/mol. The topological polar surface area (TPSA) is 92.8 Å². The van der Waals surface area contributed by atoms with Crippen molar-refractivity contribution in [2.75, 3.05) is 12.4 Å². The van der Waals surface area contributed by atoms with Crippen LogP contribution >= 0.6 is 22.7 Å². The summed E-state index contributed by atoms with van der Waals surface area (Å²) in [5, 5.41) is 6.64. The van der Waals surface area contributed by atoms with Crippen LogP contribution in [0.4, 0.5) is 5.00 Å². The minimum atomic E-state index is -1.06. The summed E-state index contributed by atoms with van der Waals surface area (Å²) in [6.07, 6.45) is 0. The third-order valence-corrected chi connectivity index (χ3v) is 6.59. The number of nitrogens with one attached hydrogen (secondary N) is 1. The van der Waals surface area contributed by atoms with Crippen LogP contribution in [0.2, 0.25) is 0 Å². The van der Waals surface area contributed by atoms with Crippen molar-refractivity contribution in [3.8, 4) is 10.4 Å². The Morgan fingerprint density at radius 3 is 2.23 bits per heavy atom. The molecule has 7 nitrogen and oxygen atoms in total. The number of esters is 1. The SMILES string of the molecule is COC(=O)c1c(-c2cccs2)csc1NC(=O)C(C)N1C(=O)c2ccccc2C1=O. The lowest BCUT2D eigenvalue weighted by molar-refractivity contribution is -0.119. The van der Waals surface area contributed by atoms with Crippen molar-refractivity contribution < 1.29 is 23.9 Å². The molecule has 3 heterocycles. The van der Waals surface area contributed by atoms with Gasteiger partial charge in [-0.1, -0.05) is 18.2 Å². The lowest BCUT2D eigenvalue weighted by atomic mass is 10.1. The van der Waals surface area contributed by atoms with Gasteiger partial charge in [-0.2, -0.15) is 0 Å². The number of amides is 3. The first kappa shape index (κ1) is 20.0. The predicted octanol–water partition coefficient (Wildman–Crippen LogP) is 3.89. The molecule has 152 valence electrons. The second kappa shape index (κ2) is 7.85. The van der Waals surface area contributed by atoms with Crippen molar-refractivity contribution in [1.29, 1.82) is 0 Å². The zero-order valence-electron chi connectivity index (χ0n) is 16.0. The van der Waals surface area contributed by atoms with Crippen LogP contribution in [0.25, 0.3) is 10.4 Å². The third kappa shape index (κ3) is 3.21. The van der Waals surface area contributed by atoms with Crippen molar-refractivity contribution in [2.45, 2.75) is 13.0 Å². The molecule has 0 saturated carbocycles. The summed E-state index contributed by atoms with van der Waals surface area (Å²) in [6, 6.07) is 9.12. The quantitative estimate of drug-likeness (QED) is 0.480. The van der Waals surface area contributed by atoms with E-state index < -0.39 is 29.7 Å². The Labute approximate surface area is 179 Å². The minimum absolute atomic E-state index is 0.243. The van der Waals surface area contributed by atoms with Crippen molar-refractivity contribution in [3.05, 3.63) is 63.8 Å². The molecule has 1 aliphatic rings. The fourth-order valence-electron chi connectivity index (χ4n) is 3.26. The summed E-state index contributed by atoms with van der Waals surface area (Å²) < 4.78 is 4.89. The molecule has 0 saturated heterocycles. The molecule has 0 bridgehead atoms. The molecule has 0 radical (unpaired) electrons. The molecule has 3 aromatic rings. The number of imide groups is 1. The van der Waals surface area contributed by atoms with E-state index in [-0.39, 0.29) is 16.7 Å². The number of benzene rings is 1. The van der Waals surface area contributed by atoms with E-state index in [1.165, 1.54) is 36.7 Å². The second-order valence-corrected chi connectivity index (χ2v) is 8.34. The van der Waals surface area contributed by atoms with Gasteiger partial charge in [0.1, 0.15) is 16.6 Å². The number of methoxy groups -OCH3 is 1. The summed E-state index contributed by atoms with van der Waals surface area (Å²) in [7, 11) is 1.27. The maximum absolute atomic E-state index is 12.9. The van der Waals surface area contributed by atoms with Crippen molar-refractivity contribution >= 4 is 51.4 Å². The molecule has 1 aromatic carbocycles. The molecule has 1 aliphatic heterocycles. The van der Waals surface area contributed by atoms with Crippen molar-refractivity contribution in [3.63, 3.8) is 0 Å². The Hall–Kier alpha value is -3.30. The van der Waals surface area contributed by atoms with Crippen LogP contribution < -0.4 is 5.32 Å². The highest BCUT2D eigenvalue weighted by Gasteiger charge is 2.41. The van der Waals surface area contributed by atoms with Crippen molar-refractivity contribution in [1.82, 2.24) is 4.90 Å². The highest BCUT2D eigenvalue weighted by atomic mass is 32.1. The zero-order valence-corrected chi connectivity index (χ0v) is 17.6. The molecule has 0 aliphatic carbocycles. The minimum Gasteiger partial charge on any atom is -0.465 e. The summed E-state index contributed by atoms with van der Waals surface area (Å²) in [6.45, 7) is 1.47. The Bertz CT molecular complexity index is 1130. The van der Waals surface area contributed by atoms with E-state index in [1.54, 1.807) is 29.6 Å². The van der Waals surface area contributed by atoms with Gasteiger partial charge in [0.25, 0.3) is 11.8 Å². The molecule has 2 aromatic heterocycles. The number of nitrogens with zero attached hydrogens (tertiary/aromatic N) is 1. The van der Waals surface area contributed by atoms with Crippen LogP contribution in [0, 0.1) is 0 Å². The van der Waals surface area contributed by atoms with Gasteiger partial charge in [-0.3, -0.25) is 19.3 Å². The highest BCUT2D eigenvalue weighted by Crippen LogP contribution is 2.38. The summed E-state index contributed by atoms with van der Waals surface area (Å²) >= 11 is 2.64. The average Bonchev–Trinajstić information content (AvgIpc) is 3.47. The Morgan fingerprint density at radius 2 is 1.67 bits per heavy atom. The molecule has 4 rings (SSSR count). The summed E-state index contributed by atoms with van der Waals surface area (Å²) in [4.78, 5) is 52.4. The molecule has 3 amide bonds. The molecular formula is C21H16N2O5S2. The van der Waals surface area contributed by atoms with E-state index in [9.17, 15) is 19.2 Å². The van der Waals surface area contributed by atoms with Gasteiger partial charge in [-0.25, -0.2) is 4.79 Å². The maximum Gasteiger partial charge on any atom is 0.341 e. The molecule has 1 atom stereocenters. The van der Waals surface area contributed by atoms with Gasteiger partial charge in [0.2, 0.25) is 5.91 Å². The first-order valence-corrected chi connectivity index (χ1v) is 10.7. The van der Waals surface area contributed by atoms with Gasteiger partial charge in [0.05, 0.1) is 18.2 Å². The summed E-state index contributed by atoms with van der Waals surface area (Å²) in [5.74, 6) is -2.19. The largest absolute Gasteiger partial charge is 0.465 e. The predicted molar refractivity (Wildman–Crippen MR) is 114 cm³/mol. The number of carbonyl (C=O) groups excluding carboxylic acids is 4. The maximum atomic E-state index is 12.9. The van der Waals surface area contributed by atoms with Crippen LogP contribution in [0.5, 0.6) is 0 Å². The van der Waals surface area contributed by atoms with Crippen LogP contribution in [-0.2, 0) is 9.53 Å². The number of anilines is 1. The summed E-state index contributed by atoms with van der Waals surface area (Å²) in [5.41, 5.74) is 1.44. The third-order valence-electron chi connectivity index (χ3n) is 4.80. The average molecular weight is 441 g/mol. The number of ether oxygens (including phenoxy) is 1. The lowest BCUT2D eigenvalue weighted by Crippen LogP contribution is -2.45. The zero-order chi connectivity index (χ0) is 21.4. The van der Waals surface area contributed by atoms with E-state index in [0.29, 0.717) is 10.6 Å². The number of hydrogen-bond acceptors (Lipinski definition) is 7. The molecular weight excluding hydrogens is 424 g/mol. The van der Waals surface area contributed by atoms with E-state index in [0.717, 1.165) is 9.78 Å². The Morgan fingerprint density at radius 1 is 1.00 bits per heavy atom. The lowest BCUT2D eigenvalue weighted by Gasteiger charge is -2.21. The fourth-order valence-corrected chi connectivity index (χ4v) is 5.04. The van der Waals surface area contributed by atoms with Gasteiger partial charge < -0.3 is 10.1 Å². The van der Waals surface area contributed by atoms with Gasteiger partial charge in [-0.05, 0) is 30.5 Å². The number of rotatable bonds is 5. The first-order chi connectivity index (χ1) is 14.4. The van der Waals surface area contributed by atoms with Gasteiger partial charge in [0.15, 0.2) is 0 Å². The van der Waals surface area contributed by atoms with Crippen LogP contribution in [0.3, 0.4) is 0 Å². The molecule has 9 heteroatoms. The Balaban J connectivity index is 1.61. The highest BCUT2D eigenvalue weighted by molar-refractivity contribution is 7.17. The second-order valence-electron chi connectivity index (χ2n) is 6.51. The number of thiophene rings is 2. The molecule has 0 fully saturated rings. The van der Waals surface area contributed by atoms with E-state index >= 15 is 0 Å². The molecule has 1 N–H and O–H groups in total. The fraction of sp³-hybridized carbons (Fsp3) is 0.143. The number of carbonyl (C=O) groups is 4. The number of fused-ring (bicyclic) bond motifs is 1. The molecule has 30 heavy (non-hydrogen) atoms. The van der Waals surface area contributed by atoms with Crippen LogP contribution in [0.15, 0.2) is 47.2 Å². The molecule has 0 spiro atoms. The number of hydrogen-bond donors (Lipinski definition) is 1. The van der Waals surface area contributed by atoms with Crippen LogP contribution in [-0.4, -0.2) is 41.7 Å². The first-order valence-electron chi connectivity index (χ1n) is 8.95. The normalized spacial score (nSPS) is 13.9. The van der Waals surface area contributed by atoms with Crippen molar-refractivity contribution in [2.24, 2.45) is 0 Å². The Kier molecular flexibility index (Phi) is 5.23. The van der Waals surface area contributed by atoms with E-state index in [2.05, 4.69) is 5.32 Å². The van der Waals surface area contributed by atoms with Crippen LogP contribution in [0.1, 0.15) is 38.0 Å². The molecule has 1 unspecified atom stereocenters. The van der Waals surface area contributed by atoms with E-state index in [1.807, 2.05) is 17.5 Å². The van der Waals surface area contributed by atoms with E-state index in [4.69, 9.17) is 4.74 Å².